The Morgan fingerprint density at radius 2 is 1.80 bits per heavy atom. The molecular formula is C29H28BrClN4O5. The van der Waals surface area contributed by atoms with Crippen LogP contribution in [0.25, 0.3) is 10.9 Å². The highest BCUT2D eigenvalue weighted by Crippen LogP contribution is 2.38. The van der Waals surface area contributed by atoms with E-state index in [-0.39, 0.29) is 29.7 Å². The molecule has 1 heterocycles. The Morgan fingerprint density at radius 3 is 2.42 bits per heavy atom. The second-order valence-corrected chi connectivity index (χ2v) is 10.3. The smallest absolute Gasteiger partial charge is 0.282 e. The maximum Gasteiger partial charge on any atom is 0.282 e. The molecule has 0 saturated carbocycles. The van der Waals surface area contributed by atoms with Crippen LogP contribution in [0.5, 0.6) is 17.2 Å². The number of methoxy groups -OCH3 is 2. The van der Waals surface area contributed by atoms with Crippen molar-refractivity contribution in [2.75, 3.05) is 26.1 Å². The van der Waals surface area contributed by atoms with Gasteiger partial charge in [0.1, 0.15) is 5.82 Å². The molecule has 0 aliphatic carbocycles. The molecule has 3 aromatic carbocycles. The van der Waals surface area contributed by atoms with Crippen LogP contribution in [-0.2, 0) is 4.79 Å². The highest BCUT2D eigenvalue weighted by Gasteiger charge is 2.18. The van der Waals surface area contributed by atoms with Gasteiger partial charge in [0.2, 0.25) is 5.75 Å². The predicted molar refractivity (Wildman–Crippen MR) is 161 cm³/mol. The molecule has 0 aliphatic rings. The largest absolute Gasteiger partial charge is 0.493 e. The van der Waals surface area contributed by atoms with Gasteiger partial charge in [-0.1, -0.05) is 41.4 Å². The van der Waals surface area contributed by atoms with Crippen molar-refractivity contribution in [1.82, 2.24) is 9.66 Å². The number of halogens is 2. The van der Waals surface area contributed by atoms with Gasteiger partial charge < -0.3 is 19.5 Å². The number of fused-ring (bicyclic) bond motifs is 1. The van der Waals surface area contributed by atoms with Crippen molar-refractivity contribution in [2.45, 2.75) is 26.2 Å². The van der Waals surface area contributed by atoms with E-state index < -0.39 is 0 Å². The zero-order chi connectivity index (χ0) is 28.8. The highest BCUT2D eigenvalue weighted by molar-refractivity contribution is 9.10. The van der Waals surface area contributed by atoms with E-state index >= 15 is 0 Å². The first kappa shape index (κ1) is 29.1. The molecular weight excluding hydrogens is 600 g/mol. The number of ether oxygens (including phenoxy) is 3. The molecule has 1 atom stereocenters. The first-order chi connectivity index (χ1) is 19.2. The summed E-state index contributed by atoms with van der Waals surface area (Å²) in [6, 6.07) is 15.5. The number of benzene rings is 3. The van der Waals surface area contributed by atoms with E-state index in [1.807, 2.05) is 26.0 Å². The third kappa shape index (κ3) is 6.63. The van der Waals surface area contributed by atoms with Crippen molar-refractivity contribution in [1.29, 1.82) is 0 Å². The van der Waals surface area contributed by atoms with E-state index in [0.717, 1.165) is 10.9 Å². The zero-order valence-corrected chi connectivity index (χ0v) is 24.7. The van der Waals surface area contributed by atoms with Gasteiger partial charge in [0.05, 0.1) is 31.3 Å². The van der Waals surface area contributed by atoms with Crippen LogP contribution in [0.2, 0.25) is 5.02 Å². The van der Waals surface area contributed by atoms with Crippen LogP contribution in [0.4, 0.5) is 5.69 Å². The molecule has 0 spiro atoms. The lowest BCUT2D eigenvalue weighted by Crippen LogP contribution is -2.23. The highest BCUT2D eigenvalue weighted by atomic mass is 79.9. The van der Waals surface area contributed by atoms with E-state index in [4.69, 9.17) is 30.8 Å². The van der Waals surface area contributed by atoms with Crippen molar-refractivity contribution < 1.29 is 19.0 Å². The summed E-state index contributed by atoms with van der Waals surface area (Å²) in [5.41, 5.74) is 1.51. The number of nitrogens with one attached hydrogen (secondary N) is 1. The number of amides is 1. The number of carbonyl (C=O) groups excluding carboxylic acids is 1. The number of hydrogen-bond donors (Lipinski definition) is 1. The van der Waals surface area contributed by atoms with Crippen LogP contribution in [0, 0.1) is 0 Å². The Kier molecular flexibility index (Phi) is 9.44. The molecule has 1 aromatic heterocycles. The first-order valence-electron chi connectivity index (χ1n) is 12.4. The molecule has 0 fully saturated rings. The second kappa shape index (κ2) is 13.0. The van der Waals surface area contributed by atoms with Gasteiger partial charge in [-0.05, 0) is 61.0 Å². The van der Waals surface area contributed by atoms with E-state index in [1.165, 1.54) is 25.1 Å². The van der Waals surface area contributed by atoms with Gasteiger partial charge in [-0.15, -0.1) is 0 Å². The van der Waals surface area contributed by atoms with E-state index in [0.29, 0.717) is 44.5 Å². The summed E-state index contributed by atoms with van der Waals surface area (Å²) in [6.45, 7) is 3.75. The second-order valence-electron chi connectivity index (χ2n) is 8.90. The summed E-state index contributed by atoms with van der Waals surface area (Å²) in [5, 5.41) is 8.27. The zero-order valence-electron chi connectivity index (χ0n) is 22.4. The van der Waals surface area contributed by atoms with Gasteiger partial charge in [0, 0.05) is 26.7 Å². The molecule has 1 N–H and O–H groups in total. The molecule has 1 amide bonds. The van der Waals surface area contributed by atoms with Crippen LogP contribution >= 0.6 is 27.5 Å². The van der Waals surface area contributed by atoms with Crippen molar-refractivity contribution >= 4 is 56.2 Å². The molecule has 0 radical (unpaired) electrons. The molecule has 40 heavy (non-hydrogen) atoms. The monoisotopic (exact) mass is 626 g/mol. The molecule has 11 heteroatoms. The van der Waals surface area contributed by atoms with Crippen molar-refractivity contribution in [3.05, 3.63) is 85.8 Å². The summed E-state index contributed by atoms with van der Waals surface area (Å²) in [7, 11) is 2.96. The molecule has 0 bridgehead atoms. The quantitative estimate of drug-likeness (QED) is 0.209. The fourth-order valence-electron chi connectivity index (χ4n) is 3.89. The molecule has 0 aliphatic heterocycles. The maximum atomic E-state index is 13.4. The van der Waals surface area contributed by atoms with Crippen LogP contribution < -0.4 is 25.1 Å². The SMILES string of the molecule is CC[C@H](C)c1nc2ccc(Br)cc2c(=O)n1N=Cc1cc(OC)c(OCC(=O)Nc2ccc(Cl)cc2)c(OC)c1. The molecule has 4 aromatic rings. The van der Waals surface area contributed by atoms with Crippen molar-refractivity contribution in [3.8, 4) is 17.2 Å². The molecule has 0 saturated heterocycles. The first-order valence-corrected chi connectivity index (χ1v) is 13.6. The molecule has 208 valence electrons. The maximum absolute atomic E-state index is 13.4. The van der Waals surface area contributed by atoms with Gasteiger partial charge in [-0.2, -0.15) is 9.78 Å². The summed E-state index contributed by atoms with van der Waals surface area (Å²) in [5.74, 6) is 1.10. The molecule has 4 rings (SSSR count). The normalized spacial score (nSPS) is 11.9. The lowest BCUT2D eigenvalue weighted by molar-refractivity contribution is -0.118. The topological polar surface area (TPSA) is 104 Å². The molecule has 0 unspecified atom stereocenters. The molecule has 9 nitrogen and oxygen atoms in total. The van der Waals surface area contributed by atoms with Crippen molar-refractivity contribution in [3.63, 3.8) is 0 Å². The van der Waals surface area contributed by atoms with Gasteiger partial charge >= 0.3 is 0 Å². The lowest BCUT2D eigenvalue weighted by atomic mass is 10.1. The fraction of sp³-hybridized carbons (Fsp3) is 0.241. The predicted octanol–water partition coefficient (Wildman–Crippen LogP) is 6.24. The Bertz CT molecular complexity index is 1600. The minimum absolute atomic E-state index is 0.00300. The number of rotatable bonds is 10. The van der Waals surface area contributed by atoms with E-state index in [2.05, 4.69) is 26.3 Å². The Hall–Kier alpha value is -3.89. The van der Waals surface area contributed by atoms with E-state index in [9.17, 15) is 9.59 Å². The van der Waals surface area contributed by atoms with E-state index in [1.54, 1.807) is 42.5 Å². The van der Waals surface area contributed by atoms with Crippen LogP contribution in [0.15, 0.2) is 69.0 Å². The third-order valence-corrected chi connectivity index (χ3v) is 6.91. The average Bonchev–Trinajstić information content (AvgIpc) is 2.96. The summed E-state index contributed by atoms with van der Waals surface area (Å²) in [4.78, 5) is 30.6. The van der Waals surface area contributed by atoms with Gasteiger partial charge in [-0.3, -0.25) is 9.59 Å². The lowest BCUT2D eigenvalue weighted by Gasteiger charge is -2.16. The Labute approximate surface area is 244 Å². The van der Waals surface area contributed by atoms with Crippen molar-refractivity contribution in [2.24, 2.45) is 5.10 Å². The average molecular weight is 628 g/mol. The van der Waals surface area contributed by atoms with Gasteiger partial charge in [-0.25, -0.2) is 4.98 Å². The fourth-order valence-corrected chi connectivity index (χ4v) is 4.38. The summed E-state index contributed by atoms with van der Waals surface area (Å²) in [6.07, 6.45) is 2.31. The number of hydrogen-bond acceptors (Lipinski definition) is 7. The van der Waals surface area contributed by atoms with Gasteiger partial charge in [0.15, 0.2) is 18.1 Å². The van der Waals surface area contributed by atoms with Crippen LogP contribution in [0.1, 0.15) is 37.6 Å². The number of carbonyl (C=O) groups is 1. The number of nitrogens with zero attached hydrogens (tertiary/aromatic N) is 3. The summed E-state index contributed by atoms with van der Waals surface area (Å²) < 4.78 is 18.9. The minimum atomic E-state index is -0.371. The Morgan fingerprint density at radius 1 is 1.12 bits per heavy atom. The minimum Gasteiger partial charge on any atom is -0.493 e. The Balaban J connectivity index is 1.63. The van der Waals surface area contributed by atoms with Gasteiger partial charge in [0.25, 0.3) is 11.5 Å². The summed E-state index contributed by atoms with van der Waals surface area (Å²) >= 11 is 9.32. The standard InChI is InChI=1S/C29H28BrClN4O5/c1-5-17(2)28-34-23-11-6-19(30)14-22(23)29(37)35(28)32-15-18-12-24(38-3)27(25(13-18)39-4)40-16-26(36)33-21-9-7-20(31)8-10-21/h6-15,17H,5,16H2,1-4H3,(H,33,36)/t17-/m0/s1. The van der Waals surface area contributed by atoms with Crippen LogP contribution in [-0.4, -0.2) is 42.6 Å². The third-order valence-electron chi connectivity index (χ3n) is 6.17. The number of anilines is 1. The number of aromatic nitrogens is 2. The van der Waals surface area contributed by atoms with Crippen LogP contribution in [0.3, 0.4) is 0 Å².